The predicted molar refractivity (Wildman–Crippen MR) is 92.5 cm³/mol. The van der Waals surface area contributed by atoms with Gasteiger partial charge in [-0.25, -0.2) is 0 Å². The topological polar surface area (TPSA) is 38.3 Å². The average molecular weight is 380 g/mol. The van der Waals surface area contributed by atoms with Crippen LogP contribution in [0, 0.1) is 0 Å². The number of carbonyl (C=O) groups excluding carboxylic acids is 1. The van der Waals surface area contributed by atoms with Gasteiger partial charge in [0.05, 0.1) is 4.88 Å². The largest absolute Gasteiger partial charge is 0.381 e. The lowest BCUT2D eigenvalue weighted by Gasteiger charge is -2.38. The second-order valence-corrected chi connectivity index (χ2v) is 7.43. The summed E-state index contributed by atoms with van der Waals surface area (Å²) in [6.07, 6.45) is 1.85. The standard InChI is InChI=1S/C17H18BrNO2S/c18-14-4-1-3-13(11-14)17(6-8-21-9-7-17)12-19-16(20)15-5-2-10-22-15/h1-5,10-11H,6-9,12H2,(H,19,20). The van der Waals surface area contributed by atoms with E-state index in [0.717, 1.165) is 35.4 Å². The first kappa shape index (κ1) is 15.7. The molecular weight excluding hydrogens is 362 g/mol. The van der Waals surface area contributed by atoms with Gasteiger partial charge in [0.2, 0.25) is 0 Å². The molecule has 0 bridgehead atoms. The Morgan fingerprint density at radius 1 is 1.27 bits per heavy atom. The maximum atomic E-state index is 12.2. The summed E-state index contributed by atoms with van der Waals surface area (Å²) in [6, 6.07) is 12.1. The Morgan fingerprint density at radius 3 is 2.77 bits per heavy atom. The molecule has 116 valence electrons. The van der Waals surface area contributed by atoms with Gasteiger partial charge < -0.3 is 10.1 Å². The first-order chi connectivity index (χ1) is 10.7. The molecule has 0 unspecified atom stereocenters. The van der Waals surface area contributed by atoms with Gasteiger partial charge in [0.15, 0.2) is 0 Å². The summed E-state index contributed by atoms with van der Waals surface area (Å²) in [6.45, 7) is 2.12. The first-order valence-electron chi connectivity index (χ1n) is 7.35. The summed E-state index contributed by atoms with van der Waals surface area (Å²) < 4.78 is 6.60. The molecule has 0 radical (unpaired) electrons. The van der Waals surface area contributed by atoms with Crippen molar-refractivity contribution in [1.29, 1.82) is 0 Å². The van der Waals surface area contributed by atoms with Crippen molar-refractivity contribution < 1.29 is 9.53 Å². The van der Waals surface area contributed by atoms with Crippen LogP contribution in [0.15, 0.2) is 46.3 Å². The summed E-state index contributed by atoms with van der Waals surface area (Å²) in [4.78, 5) is 13.0. The van der Waals surface area contributed by atoms with Gasteiger partial charge in [-0.15, -0.1) is 11.3 Å². The highest BCUT2D eigenvalue weighted by atomic mass is 79.9. The fraction of sp³-hybridized carbons (Fsp3) is 0.353. The number of amides is 1. The van der Waals surface area contributed by atoms with Crippen LogP contribution < -0.4 is 5.32 Å². The number of halogens is 1. The summed E-state index contributed by atoms with van der Waals surface area (Å²) in [5.74, 6) is 0.0101. The third-order valence-electron chi connectivity index (χ3n) is 4.22. The summed E-state index contributed by atoms with van der Waals surface area (Å²) in [5, 5.41) is 5.04. The molecule has 1 fully saturated rings. The molecule has 22 heavy (non-hydrogen) atoms. The van der Waals surface area contributed by atoms with Crippen molar-refractivity contribution in [2.45, 2.75) is 18.3 Å². The maximum absolute atomic E-state index is 12.2. The highest BCUT2D eigenvalue weighted by molar-refractivity contribution is 9.10. The van der Waals surface area contributed by atoms with Crippen molar-refractivity contribution in [3.8, 4) is 0 Å². The molecule has 1 aromatic heterocycles. The van der Waals surface area contributed by atoms with E-state index in [1.54, 1.807) is 0 Å². The van der Waals surface area contributed by atoms with Gasteiger partial charge >= 0.3 is 0 Å². The molecule has 0 saturated carbocycles. The van der Waals surface area contributed by atoms with Crippen molar-refractivity contribution >= 4 is 33.2 Å². The Bertz CT molecular complexity index is 636. The fourth-order valence-corrected chi connectivity index (χ4v) is 3.93. The zero-order valence-electron chi connectivity index (χ0n) is 12.2. The number of benzene rings is 1. The van der Waals surface area contributed by atoms with Crippen LogP contribution in [0.1, 0.15) is 28.1 Å². The van der Waals surface area contributed by atoms with Gasteiger partial charge in [-0.05, 0) is 42.0 Å². The van der Waals surface area contributed by atoms with Gasteiger partial charge in [-0.1, -0.05) is 34.1 Å². The number of rotatable bonds is 4. The Kier molecular flexibility index (Phi) is 4.96. The van der Waals surface area contributed by atoms with E-state index in [4.69, 9.17) is 4.74 Å². The number of ether oxygens (including phenoxy) is 1. The Balaban J connectivity index is 1.79. The van der Waals surface area contributed by atoms with Crippen molar-refractivity contribution in [3.05, 3.63) is 56.7 Å². The number of nitrogens with one attached hydrogen (secondary N) is 1. The summed E-state index contributed by atoms with van der Waals surface area (Å²) in [5.41, 5.74) is 1.21. The van der Waals surface area contributed by atoms with Crippen molar-refractivity contribution in [2.24, 2.45) is 0 Å². The van der Waals surface area contributed by atoms with Gasteiger partial charge in [-0.2, -0.15) is 0 Å². The van der Waals surface area contributed by atoms with Gasteiger partial charge in [0.1, 0.15) is 0 Å². The quantitative estimate of drug-likeness (QED) is 0.871. The molecule has 5 heteroatoms. The van der Waals surface area contributed by atoms with E-state index in [2.05, 4.69) is 39.4 Å². The van der Waals surface area contributed by atoms with Crippen LogP contribution in [-0.4, -0.2) is 25.7 Å². The van der Waals surface area contributed by atoms with Crippen LogP contribution in [0.25, 0.3) is 0 Å². The van der Waals surface area contributed by atoms with E-state index in [-0.39, 0.29) is 11.3 Å². The normalized spacial score (nSPS) is 17.1. The summed E-state index contributed by atoms with van der Waals surface area (Å²) in [7, 11) is 0. The Morgan fingerprint density at radius 2 is 2.09 bits per heavy atom. The van der Waals surface area contributed by atoms with Gasteiger partial charge in [0, 0.05) is 29.6 Å². The lowest BCUT2D eigenvalue weighted by molar-refractivity contribution is 0.0487. The van der Waals surface area contributed by atoms with E-state index in [1.807, 2.05) is 23.6 Å². The van der Waals surface area contributed by atoms with Crippen LogP contribution >= 0.6 is 27.3 Å². The van der Waals surface area contributed by atoms with Crippen LogP contribution in [0.3, 0.4) is 0 Å². The molecule has 0 aliphatic carbocycles. The van der Waals surface area contributed by atoms with Crippen LogP contribution in [0.2, 0.25) is 0 Å². The van der Waals surface area contributed by atoms with Crippen molar-refractivity contribution in [1.82, 2.24) is 5.32 Å². The lowest BCUT2D eigenvalue weighted by atomic mass is 9.74. The zero-order valence-corrected chi connectivity index (χ0v) is 14.6. The summed E-state index contributed by atoms with van der Waals surface area (Å²) >= 11 is 5.02. The SMILES string of the molecule is O=C(NCC1(c2cccc(Br)c2)CCOCC1)c1cccs1. The highest BCUT2D eigenvalue weighted by Crippen LogP contribution is 2.35. The number of carbonyl (C=O) groups is 1. The monoisotopic (exact) mass is 379 g/mol. The zero-order chi connectivity index (χ0) is 15.4. The van der Waals surface area contributed by atoms with E-state index >= 15 is 0 Å². The van der Waals surface area contributed by atoms with Crippen molar-refractivity contribution in [2.75, 3.05) is 19.8 Å². The molecule has 1 N–H and O–H groups in total. The molecule has 1 aliphatic rings. The minimum Gasteiger partial charge on any atom is -0.381 e. The molecule has 3 nitrogen and oxygen atoms in total. The molecule has 2 heterocycles. The molecule has 1 amide bonds. The maximum Gasteiger partial charge on any atom is 0.261 e. The molecule has 1 saturated heterocycles. The molecule has 3 rings (SSSR count). The molecule has 1 aromatic carbocycles. The number of hydrogen-bond acceptors (Lipinski definition) is 3. The van der Waals surface area contributed by atoms with E-state index in [0.29, 0.717) is 6.54 Å². The van der Waals surface area contributed by atoms with Gasteiger partial charge in [-0.3, -0.25) is 4.79 Å². The smallest absolute Gasteiger partial charge is 0.261 e. The van der Waals surface area contributed by atoms with Crippen LogP contribution in [-0.2, 0) is 10.2 Å². The predicted octanol–water partition coefficient (Wildman–Crippen LogP) is 3.99. The van der Waals surface area contributed by atoms with Crippen LogP contribution in [0.5, 0.6) is 0 Å². The fourth-order valence-electron chi connectivity index (χ4n) is 2.89. The van der Waals surface area contributed by atoms with E-state index in [9.17, 15) is 4.79 Å². The van der Waals surface area contributed by atoms with E-state index in [1.165, 1.54) is 16.9 Å². The second kappa shape index (κ2) is 6.94. The Labute approximate surface area is 142 Å². The Hall–Kier alpha value is -1.17. The van der Waals surface area contributed by atoms with Crippen LogP contribution in [0.4, 0.5) is 0 Å². The van der Waals surface area contributed by atoms with Crippen molar-refractivity contribution in [3.63, 3.8) is 0 Å². The third kappa shape index (κ3) is 3.42. The number of hydrogen-bond donors (Lipinski definition) is 1. The molecule has 0 atom stereocenters. The molecule has 1 aliphatic heterocycles. The second-order valence-electron chi connectivity index (χ2n) is 5.56. The highest BCUT2D eigenvalue weighted by Gasteiger charge is 2.35. The third-order valence-corrected chi connectivity index (χ3v) is 5.58. The van der Waals surface area contributed by atoms with E-state index < -0.39 is 0 Å². The minimum atomic E-state index is -0.0467. The first-order valence-corrected chi connectivity index (χ1v) is 9.02. The molecule has 2 aromatic rings. The average Bonchev–Trinajstić information content (AvgIpc) is 3.08. The molecule has 0 spiro atoms. The lowest BCUT2D eigenvalue weighted by Crippen LogP contribution is -2.44. The minimum absolute atomic E-state index is 0.0101. The molecular formula is C17H18BrNO2S. The number of thiophene rings is 1. The van der Waals surface area contributed by atoms with Gasteiger partial charge in [0.25, 0.3) is 5.91 Å².